The maximum atomic E-state index is 14.7. The average Bonchev–Trinajstić information content (AvgIpc) is 2.90. The summed E-state index contributed by atoms with van der Waals surface area (Å²) in [6.45, 7) is 5.90. The molecule has 198 valence electrons. The number of benzene rings is 2. The number of hydrogen-bond donors (Lipinski definition) is 2. The minimum atomic E-state index is -0.821. The molecule has 11 heteroatoms. The summed E-state index contributed by atoms with van der Waals surface area (Å²) >= 11 is 6.03. The first kappa shape index (κ1) is 28.1. The van der Waals surface area contributed by atoms with E-state index < -0.39 is 23.1 Å². The van der Waals surface area contributed by atoms with Crippen LogP contribution in [0.15, 0.2) is 71.8 Å². The molecule has 0 saturated heterocycles. The van der Waals surface area contributed by atoms with Crippen molar-refractivity contribution in [2.24, 2.45) is 0 Å². The molecule has 0 bridgehead atoms. The summed E-state index contributed by atoms with van der Waals surface area (Å²) in [6.07, 6.45) is 2.78. The number of hydrogen-bond acceptors (Lipinski definition) is 6. The van der Waals surface area contributed by atoms with Gasteiger partial charge in [0.15, 0.2) is 17.3 Å². The molecule has 0 atom stereocenters. The fourth-order valence-corrected chi connectivity index (χ4v) is 3.45. The lowest BCUT2D eigenvalue weighted by molar-refractivity contribution is 0.102. The van der Waals surface area contributed by atoms with E-state index in [1.54, 1.807) is 6.92 Å². The minimum absolute atomic E-state index is 0.0257. The van der Waals surface area contributed by atoms with Crippen molar-refractivity contribution >= 4 is 29.0 Å². The lowest BCUT2D eigenvalue weighted by Crippen LogP contribution is -2.29. The molecule has 0 unspecified atom stereocenters. The van der Waals surface area contributed by atoms with Gasteiger partial charge in [-0.3, -0.25) is 14.2 Å². The molecule has 0 radical (unpaired) electrons. The van der Waals surface area contributed by atoms with Gasteiger partial charge in [0.05, 0.1) is 6.61 Å². The van der Waals surface area contributed by atoms with Gasteiger partial charge >= 0.3 is 0 Å². The van der Waals surface area contributed by atoms with Crippen LogP contribution in [0.2, 0.25) is 5.02 Å². The number of amides is 1. The Labute approximate surface area is 222 Å². The Morgan fingerprint density at radius 3 is 2.42 bits per heavy atom. The maximum Gasteiger partial charge on any atom is 0.271 e. The number of pyridine rings is 2. The molecular formula is C27H25ClF2N4O4. The van der Waals surface area contributed by atoms with Gasteiger partial charge in [0.2, 0.25) is 0 Å². The van der Waals surface area contributed by atoms with Crippen LogP contribution < -0.4 is 26.1 Å². The van der Waals surface area contributed by atoms with Crippen LogP contribution in [-0.2, 0) is 0 Å². The van der Waals surface area contributed by atoms with Crippen LogP contribution in [0.1, 0.15) is 31.1 Å². The first-order valence-electron chi connectivity index (χ1n) is 11.6. The molecule has 2 aromatic heterocycles. The Kier molecular flexibility index (Phi) is 9.39. The van der Waals surface area contributed by atoms with E-state index in [1.807, 2.05) is 13.8 Å². The van der Waals surface area contributed by atoms with E-state index in [4.69, 9.17) is 26.8 Å². The van der Waals surface area contributed by atoms with Crippen molar-refractivity contribution in [1.82, 2.24) is 9.55 Å². The lowest BCUT2D eigenvalue weighted by atomic mass is 10.2. The Bertz CT molecular complexity index is 1490. The number of carbonyl (C=O) groups excluding carboxylic acids is 1. The third-order valence-electron chi connectivity index (χ3n) is 4.98. The highest BCUT2D eigenvalue weighted by Crippen LogP contribution is 2.34. The van der Waals surface area contributed by atoms with Crippen molar-refractivity contribution in [2.75, 3.05) is 17.7 Å². The van der Waals surface area contributed by atoms with E-state index >= 15 is 0 Å². The van der Waals surface area contributed by atoms with E-state index in [2.05, 4.69) is 10.3 Å². The molecular weight excluding hydrogens is 518 g/mol. The zero-order chi connectivity index (χ0) is 27.8. The van der Waals surface area contributed by atoms with E-state index in [-0.39, 0.29) is 45.9 Å². The van der Waals surface area contributed by atoms with Crippen molar-refractivity contribution in [3.8, 4) is 22.9 Å². The Balaban J connectivity index is 0.00000195. The number of aromatic nitrogens is 2. The summed E-state index contributed by atoms with van der Waals surface area (Å²) in [5, 5.41) is 2.52. The zero-order valence-electron chi connectivity index (χ0n) is 20.8. The number of halogens is 3. The van der Waals surface area contributed by atoms with E-state index in [0.29, 0.717) is 5.69 Å². The zero-order valence-corrected chi connectivity index (χ0v) is 21.6. The van der Waals surface area contributed by atoms with Gasteiger partial charge in [-0.05, 0) is 49.4 Å². The molecule has 0 aliphatic heterocycles. The third-order valence-corrected chi connectivity index (χ3v) is 5.36. The number of carbonyl (C=O) groups is 1. The van der Waals surface area contributed by atoms with Crippen molar-refractivity contribution in [2.45, 2.75) is 20.8 Å². The van der Waals surface area contributed by atoms with Crippen molar-refractivity contribution in [1.29, 1.82) is 0 Å². The van der Waals surface area contributed by atoms with Crippen molar-refractivity contribution in [3.05, 3.63) is 99.6 Å². The minimum Gasteiger partial charge on any atom is -0.493 e. The normalized spacial score (nSPS) is 10.3. The molecule has 0 aliphatic rings. The second kappa shape index (κ2) is 12.7. The first-order chi connectivity index (χ1) is 18.3. The molecule has 1 amide bonds. The molecule has 4 aromatic rings. The highest BCUT2D eigenvalue weighted by Gasteiger charge is 2.21. The van der Waals surface area contributed by atoms with Crippen LogP contribution in [0.4, 0.5) is 20.3 Å². The van der Waals surface area contributed by atoms with E-state index in [0.717, 1.165) is 6.07 Å². The Hall–Kier alpha value is -4.44. The topological polar surface area (TPSA) is 108 Å². The summed E-state index contributed by atoms with van der Waals surface area (Å²) in [5.74, 6) is -2.10. The highest BCUT2D eigenvalue weighted by atomic mass is 35.5. The summed E-state index contributed by atoms with van der Waals surface area (Å²) in [4.78, 5) is 30.1. The summed E-state index contributed by atoms with van der Waals surface area (Å²) in [6, 6.07) is 11.7. The third kappa shape index (κ3) is 6.27. The van der Waals surface area contributed by atoms with Crippen LogP contribution in [-0.4, -0.2) is 22.1 Å². The van der Waals surface area contributed by atoms with Crippen LogP contribution in [0.25, 0.3) is 5.69 Å². The molecule has 0 aliphatic carbocycles. The SMILES string of the molecule is CC.CCOc1ccn(-c2ccc(F)cc2)c(=O)c1C(=O)Nc1ccc(Oc2ccnc(N)c2Cl)c(F)c1. The molecule has 4 rings (SSSR count). The number of nitrogens with one attached hydrogen (secondary N) is 1. The molecule has 8 nitrogen and oxygen atoms in total. The van der Waals surface area contributed by atoms with Gasteiger partial charge in [-0.1, -0.05) is 25.4 Å². The number of ether oxygens (including phenoxy) is 2. The molecule has 0 fully saturated rings. The summed E-state index contributed by atoms with van der Waals surface area (Å²) in [7, 11) is 0. The molecule has 2 heterocycles. The number of rotatable bonds is 7. The van der Waals surface area contributed by atoms with Crippen LogP contribution in [0.3, 0.4) is 0 Å². The second-order valence-corrected chi connectivity index (χ2v) is 7.73. The number of nitrogens with zero attached hydrogens (tertiary/aromatic N) is 2. The van der Waals surface area contributed by atoms with Crippen LogP contribution in [0, 0.1) is 11.6 Å². The molecule has 0 saturated carbocycles. The quantitative estimate of drug-likeness (QED) is 0.287. The van der Waals surface area contributed by atoms with E-state index in [9.17, 15) is 18.4 Å². The average molecular weight is 543 g/mol. The molecule has 3 N–H and O–H groups in total. The number of anilines is 2. The molecule has 2 aromatic carbocycles. The van der Waals surface area contributed by atoms with Gasteiger partial charge in [-0.25, -0.2) is 13.8 Å². The van der Waals surface area contributed by atoms with Gasteiger partial charge in [0, 0.05) is 35.9 Å². The maximum absolute atomic E-state index is 14.7. The molecule has 38 heavy (non-hydrogen) atoms. The predicted octanol–water partition coefficient (Wildman–Crippen LogP) is 6.22. The smallest absolute Gasteiger partial charge is 0.271 e. The summed E-state index contributed by atoms with van der Waals surface area (Å²) in [5.41, 5.74) is 5.04. The standard InChI is InChI=1S/C25H19ClF2N4O4.C2H6/c1-2-35-19-10-12-32(16-6-3-14(27)4-7-16)25(34)21(19)24(33)31-15-5-8-18(17(28)13-15)36-20-9-11-30-23(29)22(20)26;1-2/h3-13H,2H2,1H3,(H2,29,30)(H,31,33);1-2H3. The van der Waals surface area contributed by atoms with Crippen LogP contribution >= 0.6 is 11.6 Å². The van der Waals surface area contributed by atoms with Crippen molar-refractivity contribution in [3.63, 3.8) is 0 Å². The fourth-order valence-electron chi connectivity index (χ4n) is 3.30. The predicted molar refractivity (Wildman–Crippen MR) is 143 cm³/mol. The Morgan fingerprint density at radius 1 is 1.05 bits per heavy atom. The van der Waals surface area contributed by atoms with Gasteiger partial charge in [0.25, 0.3) is 11.5 Å². The fraction of sp³-hybridized carbons (Fsp3) is 0.148. The number of nitrogens with two attached hydrogens (primary N) is 1. The highest BCUT2D eigenvalue weighted by molar-refractivity contribution is 6.34. The van der Waals surface area contributed by atoms with Gasteiger partial charge in [0.1, 0.15) is 28.0 Å². The second-order valence-electron chi connectivity index (χ2n) is 7.35. The van der Waals surface area contributed by atoms with E-state index in [1.165, 1.54) is 65.5 Å². The monoisotopic (exact) mass is 542 g/mol. The Morgan fingerprint density at radius 2 is 1.76 bits per heavy atom. The van der Waals surface area contributed by atoms with Gasteiger partial charge in [-0.2, -0.15) is 0 Å². The van der Waals surface area contributed by atoms with Gasteiger partial charge in [-0.15, -0.1) is 0 Å². The largest absolute Gasteiger partial charge is 0.493 e. The van der Waals surface area contributed by atoms with Crippen LogP contribution in [0.5, 0.6) is 17.2 Å². The van der Waals surface area contributed by atoms with Gasteiger partial charge < -0.3 is 20.5 Å². The lowest BCUT2D eigenvalue weighted by Gasteiger charge is -2.14. The first-order valence-corrected chi connectivity index (χ1v) is 12.0. The summed E-state index contributed by atoms with van der Waals surface area (Å²) < 4.78 is 40.2. The number of nitrogen functional groups attached to an aromatic ring is 1. The van der Waals surface area contributed by atoms with Crippen molar-refractivity contribution < 1.29 is 23.0 Å². The molecule has 0 spiro atoms.